The van der Waals surface area contributed by atoms with E-state index in [1.807, 2.05) is 0 Å². The van der Waals surface area contributed by atoms with E-state index in [9.17, 15) is 14.4 Å². The maximum absolute atomic E-state index is 11.7. The lowest BCUT2D eigenvalue weighted by molar-refractivity contribution is 0.0922. The van der Waals surface area contributed by atoms with Gasteiger partial charge in [0.05, 0.1) is 6.61 Å². The van der Waals surface area contributed by atoms with Crippen molar-refractivity contribution in [1.29, 1.82) is 0 Å². The molecule has 7 nitrogen and oxygen atoms in total. The van der Waals surface area contributed by atoms with Gasteiger partial charge in [0.1, 0.15) is 0 Å². The van der Waals surface area contributed by atoms with Crippen LogP contribution < -0.4 is 11.2 Å². The van der Waals surface area contributed by atoms with Crippen LogP contribution in [0.3, 0.4) is 0 Å². The highest BCUT2D eigenvalue weighted by atomic mass is 16.6. The third-order valence-electron chi connectivity index (χ3n) is 3.24. The summed E-state index contributed by atoms with van der Waals surface area (Å²) in [5.41, 5.74) is -0.799. The van der Waals surface area contributed by atoms with E-state index in [-0.39, 0.29) is 12.1 Å². The number of hydrogen-bond donors (Lipinski definition) is 1. The molecule has 0 spiro atoms. The van der Waals surface area contributed by atoms with E-state index in [1.165, 1.54) is 16.8 Å². The Morgan fingerprint density at radius 1 is 1.42 bits per heavy atom. The number of nitrogens with zero attached hydrogens (tertiary/aromatic N) is 2. The van der Waals surface area contributed by atoms with E-state index < -0.39 is 11.2 Å². The Morgan fingerprint density at radius 2 is 2.11 bits per heavy atom. The first-order valence-corrected chi connectivity index (χ1v) is 6.35. The summed E-state index contributed by atoms with van der Waals surface area (Å²) in [6.07, 6.45) is 2.54. The van der Waals surface area contributed by atoms with Gasteiger partial charge in [0.2, 0.25) is 0 Å². The molecule has 0 atom stereocenters. The second kappa shape index (κ2) is 5.73. The topological polar surface area (TPSA) is 84.4 Å². The van der Waals surface area contributed by atoms with Crippen molar-refractivity contribution >= 4 is 6.09 Å². The van der Waals surface area contributed by atoms with E-state index in [2.05, 4.69) is 4.98 Å². The molecule has 1 fully saturated rings. The second-order valence-corrected chi connectivity index (χ2v) is 4.43. The predicted molar refractivity (Wildman–Crippen MR) is 68.2 cm³/mol. The number of carbonyl (C=O) groups is 1. The molecule has 7 heteroatoms. The maximum Gasteiger partial charge on any atom is 0.409 e. The molecule has 1 aliphatic rings. The van der Waals surface area contributed by atoms with Crippen LogP contribution in [-0.4, -0.2) is 40.2 Å². The molecule has 1 aromatic heterocycles. The number of aromatic nitrogens is 2. The summed E-state index contributed by atoms with van der Waals surface area (Å²) in [7, 11) is 0. The third-order valence-corrected chi connectivity index (χ3v) is 3.24. The van der Waals surface area contributed by atoms with Gasteiger partial charge in [0, 0.05) is 31.4 Å². The number of aromatic amines is 1. The van der Waals surface area contributed by atoms with Gasteiger partial charge in [-0.1, -0.05) is 0 Å². The highest BCUT2D eigenvalue weighted by Gasteiger charge is 2.24. The summed E-state index contributed by atoms with van der Waals surface area (Å²) in [5, 5.41) is 0. The second-order valence-electron chi connectivity index (χ2n) is 4.43. The Hall–Kier alpha value is -2.05. The molecule has 0 aliphatic carbocycles. The summed E-state index contributed by atoms with van der Waals surface area (Å²) in [6, 6.07) is 1.34. The van der Waals surface area contributed by atoms with Gasteiger partial charge in [-0.15, -0.1) is 0 Å². The van der Waals surface area contributed by atoms with E-state index in [1.54, 1.807) is 11.8 Å². The number of H-pyrrole nitrogens is 1. The molecule has 1 saturated heterocycles. The lowest BCUT2D eigenvalue weighted by Crippen LogP contribution is -2.42. The monoisotopic (exact) mass is 267 g/mol. The van der Waals surface area contributed by atoms with E-state index in [0.717, 1.165) is 0 Å². The predicted octanol–water partition coefficient (Wildman–Crippen LogP) is 0.330. The minimum absolute atomic E-state index is 0.00928. The van der Waals surface area contributed by atoms with Crippen molar-refractivity contribution < 1.29 is 9.53 Å². The van der Waals surface area contributed by atoms with Crippen molar-refractivity contribution in [2.75, 3.05) is 19.7 Å². The van der Waals surface area contributed by atoms with E-state index >= 15 is 0 Å². The smallest absolute Gasteiger partial charge is 0.409 e. The molecular formula is C12H17N3O4. The summed E-state index contributed by atoms with van der Waals surface area (Å²) in [5.74, 6) is 0. The van der Waals surface area contributed by atoms with Crippen LogP contribution in [0.25, 0.3) is 0 Å². The Kier molecular flexibility index (Phi) is 4.03. The van der Waals surface area contributed by atoms with Crippen LogP contribution in [0.2, 0.25) is 0 Å². The first kappa shape index (κ1) is 13.4. The van der Waals surface area contributed by atoms with Crippen molar-refractivity contribution in [1.82, 2.24) is 14.5 Å². The fourth-order valence-corrected chi connectivity index (χ4v) is 2.26. The van der Waals surface area contributed by atoms with Gasteiger partial charge in [0.15, 0.2) is 0 Å². The van der Waals surface area contributed by atoms with Gasteiger partial charge in [0.25, 0.3) is 5.56 Å². The Morgan fingerprint density at radius 3 is 2.68 bits per heavy atom. The molecule has 0 radical (unpaired) electrons. The van der Waals surface area contributed by atoms with Crippen molar-refractivity contribution in [3.63, 3.8) is 0 Å². The molecular weight excluding hydrogens is 250 g/mol. The average molecular weight is 267 g/mol. The zero-order chi connectivity index (χ0) is 13.8. The highest BCUT2D eigenvalue weighted by Crippen LogP contribution is 2.20. The van der Waals surface area contributed by atoms with Gasteiger partial charge in [-0.3, -0.25) is 14.3 Å². The average Bonchev–Trinajstić information content (AvgIpc) is 2.39. The molecule has 2 rings (SSSR count). The quantitative estimate of drug-likeness (QED) is 0.836. The van der Waals surface area contributed by atoms with Gasteiger partial charge in [-0.05, 0) is 19.8 Å². The summed E-state index contributed by atoms with van der Waals surface area (Å²) < 4.78 is 6.45. The van der Waals surface area contributed by atoms with Crippen LogP contribution in [0.1, 0.15) is 25.8 Å². The number of rotatable bonds is 2. The molecule has 2 heterocycles. The molecule has 1 amide bonds. The van der Waals surface area contributed by atoms with Crippen LogP contribution in [0, 0.1) is 0 Å². The zero-order valence-electron chi connectivity index (χ0n) is 10.8. The number of hydrogen-bond acceptors (Lipinski definition) is 4. The molecule has 1 N–H and O–H groups in total. The zero-order valence-corrected chi connectivity index (χ0v) is 10.8. The van der Waals surface area contributed by atoms with Crippen molar-refractivity contribution in [3.8, 4) is 0 Å². The van der Waals surface area contributed by atoms with Gasteiger partial charge >= 0.3 is 11.8 Å². The molecule has 104 valence electrons. The number of amides is 1. The van der Waals surface area contributed by atoms with Gasteiger partial charge in [-0.2, -0.15) is 0 Å². The van der Waals surface area contributed by atoms with Crippen LogP contribution >= 0.6 is 0 Å². The standard InChI is InChI=1S/C12H17N3O4/c1-2-19-12(18)14-6-3-9(4-7-14)15-8-5-10(16)13-11(15)17/h5,8-9H,2-4,6-7H2,1H3,(H,13,16,17). The summed E-state index contributed by atoms with van der Waals surface area (Å²) in [4.78, 5) is 38.1. The summed E-state index contributed by atoms with van der Waals surface area (Å²) in [6.45, 7) is 3.23. The number of ether oxygens (including phenoxy) is 1. The van der Waals surface area contributed by atoms with Gasteiger partial charge in [-0.25, -0.2) is 9.59 Å². The Balaban J connectivity index is 2.02. The molecule has 19 heavy (non-hydrogen) atoms. The number of carbonyl (C=O) groups excluding carboxylic acids is 1. The number of likely N-dealkylation sites (tertiary alicyclic amines) is 1. The Labute approximate surface area is 109 Å². The maximum atomic E-state index is 11.7. The lowest BCUT2D eigenvalue weighted by atomic mass is 10.1. The largest absolute Gasteiger partial charge is 0.450 e. The molecule has 1 aliphatic heterocycles. The normalized spacial score (nSPS) is 16.4. The van der Waals surface area contributed by atoms with Crippen LogP contribution in [0.15, 0.2) is 21.9 Å². The van der Waals surface area contributed by atoms with Gasteiger partial charge < -0.3 is 9.64 Å². The molecule has 0 saturated carbocycles. The molecule has 0 bridgehead atoms. The molecule has 0 unspecified atom stereocenters. The third kappa shape index (κ3) is 3.04. The minimum atomic E-state index is -0.401. The molecule has 1 aromatic rings. The minimum Gasteiger partial charge on any atom is -0.450 e. The van der Waals surface area contributed by atoms with E-state index in [4.69, 9.17) is 4.74 Å². The number of piperidine rings is 1. The van der Waals surface area contributed by atoms with Crippen molar-refractivity contribution in [2.45, 2.75) is 25.8 Å². The SMILES string of the molecule is CCOC(=O)N1CCC(n2ccc(=O)[nH]c2=O)CC1. The fraction of sp³-hybridized carbons (Fsp3) is 0.583. The van der Waals surface area contributed by atoms with Crippen LogP contribution in [0.5, 0.6) is 0 Å². The lowest BCUT2D eigenvalue weighted by Gasteiger charge is -2.31. The van der Waals surface area contributed by atoms with Crippen molar-refractivity contribution in [2.24, 2.45) is 0 Å². The number of nitrogens with one attached hydrogen (secondary N) is 1. The van der Waals surface area contributed by atoms with Crippen LogP contribution in [-0.2, 0) is 4.74 Å². The van der Waals surface area contributed by atoms with E-state index in [0.29, 0.717) is 32.5 Å². The Bertz CT molecular complexity index is 555. The van der Waals surface area contributed by atoms with Crippen LogP contribution in [0.4, 0.5) is 4.79 Å². The first-order valence-electron chi connectivity index (χ1n) is 6.35. The first-order chi connectivity index (χ1) is 9.11. The summed E-state index contributed by atoms with van der Waals surface area (Å²) >= 11 is 0. The highest BCUT2D eigenvalue weighted by molar-refractivity contribution is 5.67. The van der Waals surface area contributed by atoms with Crippen molar-refractivity contribution in [3.05, 3.63) is 33.1 Å². The molecule has 0 aromatic carbocycles. The fourth-order valence-electron chi connectivity index (χ4n) is 2.26.